The molecule has 3 atom stereocenters. The number of ether oxygens (including phenoxy) is 2. The summed E-state index contributed by atoms with van der Waals surface area (Å²) in [6, 6.07) is -0.286. The minimum absolute atomic E-state index is 0.0157. The third-order valence-corrected chi connectivity index (χ3v) is 5.12. The SMILES string of the molecule is CCOC1CC(N(C)C(=O)C(N)COC)C12CCCC2. The lowest BCUT2D eigenvalue weighted by Crippen LogP contribution is -2.65. The van der Waals surface area contributed by atoms with Crippen molar-refractivity contribution < 1.29 is 14.3 Å². The number of likely N-dealkylation sites (N-methyl/N-ethyl adjacent to an activating group) is 1. The van der Waals surface area contributed by atoms with Gasteiger partial charge in [-0.15, -0.1) is 0 Å². The molecule has 1 spiro atoms. The van der Waals surface area contributed by atoms with Gasteiger partial charge in [0.15, 0.2) is 0 Å². The van der Waals surface area contributed by atoms with E-state index in [-0.39, 0.29) is 24.0 Å². The van der Waals surface area contributed by atoms with Gasteiger partial charge in [0.05, 0.1) is 12.7 Å². The molecule has 2 fully saturated rings. The fourth-order valence-electron chi connectivity index (χ4n) is 4.06. The lowest BCUT2D eigenvalue weighted by Gasteiger charge is -2.57. The maximum Gasteiger partial charge on any atom is 0.241 e. The molecule has 3 unspecified atom stereocenters. The zero-order valence-corrected chi connectivity index (χ0v) is 12.9. The number of nitrogens with zero attached hydrogens (tertiary/aromatic N) is 1. The molecule has 0 aromatic carbocycles. The van der Waals surface area contributed by atoms with Crippen molar-refractivity contribution in [2.75, 3.05) is 27.4 Å². The summed E-state index contributed by atoms with van der Waals surface area (Å²) in [6.07, 6.45) is 6.07. The van der Waals surface area contributed by atoms with Crippen LogP contribution in [-0.4, -0.2) is 56.4 Å². The summed E-state index contributed by atoms with van der Waals surface area (Å²) in [7, 11) is 3.45. The second-order valence-corrected chi connectivity index (χ2v) is 6.15. The minimum Gasteiger partial charge on any atom is -0.383 e. The van der Waals surface area contributed by atoms with Crippen LogP contribution in [0.4, 0.5) is 0 Å². The molecule has 2 saturated carbocycles. The number of hydrogen-bond acceptors (Lipinski definition) is 4. The summed E-state index contributed by atoms with van der Waals surface area (Å²) in [5.74, 6) is -0.0157. The molecule has 0 bridgehead atoms. The summed E-state index contributed by atoms with van der Waals surface area (Å²) >= 11 is 0. The van der Waals surface area contributed by atoms with Crippen molar-refractivity contribution in [1.82, 2.24) is 4.90 Å². The van der Waals surface area contributed by atoms with Crippen LogP contribution in [0, 0.1) is 5.41 Å². The molecular formula is C15H28N2O3. The normalized spacial score (nSPS) is 29.2. The van der Waals surface area contributed by atoms with Crippen LogP contribution in [-0.2, 0) is 14.3 Å². The Bertz CT molecular complexity index is 342. The highest BCUT2D eigenvalue weighted by Crippen LogP contribution is 2.56. The van der Waals surface area contributed by atoms with Gasteiger partial charge in [-0.05, 0) is 26.2 Å². The van der Waals surface area contributed by atoms with E-state index in [0.29, 0.717) is 6.10 Å². The molecule has 5 nitrogen and oxygen atoms in total. The van der Waals surface area contributed by atoms with Gasteiger partial charge in [0.2, 0.25) is 5.91 Å². The van der Waals surface area contributed by atoms with Crippen LogP contribution >= 0.6 is 0 Å². The van der Waals surface area contributed by atoms with E-state index < -0.39 is 6.04 Å². The van der Waals surface area contributed by atoms with Crippen molar-refractivity contribution >= 4 is 5.91 Å². The van der Waals surface area contributed by atoms with Crippen molar-refractivity contribution in [3.63, 3.8) is 0 Å². The second-order valence-electron chi connectivity index (χ2n) is 6.15. The maximum atomic E-state index is 12.4. The average molecular weight is 284 g/mol. The Morgan fingerprint density at radius 3 is 2.65 bits per heavy atom. The molecule has 116 valence electrons. The molecule has 1 amide bonds. The Morgan fingerprint density at radius 2 is 2.10 bits per heavy atom. The second kappa shape index (κ2) is 6.41. The standard InChI is InChI=1S/C15H28N2O3/c1-4-20-13-9-12(15(13)7-5-6-8-15)17(2)14(18)11(16)10-19-3/h11-13H,4-10,16H2,1-3H3. The molecule has 2 aliphatic rings. The van der Waals surface area contributed by atoms with E-state index in [9.17, 15) is 4.79 Å². The number of carbonyl (C=O) groups excluding carboxylic acids is 1. The van der Waals surface area contributed by atoms with Gasteiger partial charge in [-0.3, -0.25) is 4.79 Å². The van der Waals surface area contributed by atoms with Crippen LogP contribution in [0.2, 0.25) is 0 Å². The van der Waals surface area contributed by atoms with E-state index in [1.165, 1.54) is 25.7 Å². The molecule has 0 aromatic heterocycles. The van der Waals surface area contributed by atoms with Crippen LogP contribution in [0.3, 0.4) is 0 Å². The number of amides is 1. The molecule has 0 saturated heterocycles. The lowest BCUT2D eigenvalue weighted by molar-refractivity contribution is -0.173. The van der Waals surface area contributed by atoms with Gasteiger partial charge in [-0.1, -0.05) is 12.8 Å². The Morgan fingerprint density at radius 1 is 1.45 bits per heavy atom. The highest BCUT2D eigenvalue weighted by Gasteiger charge is 2.58. The Hall–Kier alpha value is -0.650. The van der Waals surface area contributed by atoms with E-state index in [1.807, 2.05) is 18.9 Å². The van der Waals surface area contributed by atoms with E-state index in [1.54, 1.807) is 7.11 Å². The van der Waals surface area contributed by atoms with Crippen molar-refractivity contribution in [1.29, 1.82) is 0 Å². The number of carbonyl (C=O) groups is 1. The quantitative estimate of drug-likeness (QED) is 0.795. The van der Waals surface area contributed by atoms with Crippen LogP contribution in [0.1, 0.15) is 39.0 Å². The highest BCUT2D eigenvalue weighted by molar-refractivity contribution is 5.82. The third-order valence-electron chi connectivity index (χ3n) is 5.12. The van der Waals surface area contributed by atoms with Gasteiger partial charge >= 0.3 is 0 Å². The topological polar surface area (TPSA) is 64.8 Å². The van der Waals surface area contributed by atoms with Gasteiger partial charge in [-0.25, -0.2) is 0 Å². The summed E-state index contributed by atoms with van der Waals surface area (Å²) in [6.45, 7) is 3.07. The van der Waals surface area contributed by atoms with E-state index in [4.69, 9.17) is 15.2 Å². The Labute approximate surface area is 121 Å². The van der Waals surface area contributed by atoms with Crippen LogP contribution < -0.4 is 5.73 Å². The van der Waals surface area contributed by atoms with Gasteiger partial charge in [0, 0.05) is 32.2 Å². The molecule has 0 aromatic rings. The number of hydrogen-bond donors (Lipinski definition) is 1. The van der Waals surface area contributed by atoms with Gasteiger partial charge in [0.1, 0.15) is 6.04 Å². The molecule has 0 radical (unpaired) electrons. The molecule has 0 aliphatic heterocycles. The van der Waals surface area contributed by atoms with Crippen LogP contribution in [0.25, 0.3) is 0 Å². The first-order valence-corrected chi connectivity index (χ1v) is 7.69. The molecule has 5 heteroatoms. The van der Waals surface area contributed by atoms with E-state index >= 15 is 0 Å². The molecule has 0 heterocycles. The van der Waals surface area contributed by atoms with Crippen molar-refractivity contribution in [2.45, 2.75) is 57.2 Å². The molecule has 2 rings (SSSR count). The fraction of sp³-hybridized carbons (Fsp3) is 0.933. The summed E-state index contributed by atoms with van der Waals surface area (Å²) in [5.41, 5.74) is 6.05. The monoisotopic (exact) mass is 284 g/mol. The van der Waals surface area contributed by atoms with Crippen LogP contribution in [0.15, 0.2) is 0 Å². The van der Waals surface area contributed by atoms with Crippen molar-refractivity contribution in [2.24, 2.45) is 11.1 Å². The number of methoxy groups -OCH3 is 1. The largest absolute Gasteiger partial charge is 0.383 e. The van der Waals surface area contributed by atoms with Gasteiger partial charge < -0.3 is 20.1 Å². The maximum absolute atomic E-state index is 12.4. The first-order chi connectivity index (χ1) is 9.56. The lowest BCUT2D eigenvalue weighted by atomic mass is 9.60. The highest BCUT2D eigenvalue weighted by atomic mass is 16.5. The molecule has 2 aliphatic carbocycles. The first-order valence-electron chi connectivity index (χ1n) is 7.69. The summed E-state index contributed by atoms with van der Waals surface area (Å²) < 4.78 is 10.9. The minimum atomic E-state index is -0.561. The fourth-order valence-corrected chi connectivity index (χ4v) is 4.06. The van der Waals surface area contributed by atoms with E-state index in [2.05, 4.69) is 0 Å². The van der Waals surface area contributed by atoms with Crippen LogP contribution in [0.5, 0.6) is 0 Å². The molecular weight excluding hydrogens is 256 g/mol. The zero-order valence-electron chi connectivity index (χ0n) is 12.9. The zero-order chi connectivity index (χ0) is 14.8. The molecule has 20 heavy (non-hydrogen) atoms. The summed E-state index contributed by atoms with van der Waals surface area (Å²) in [4.78, 5) is 14.2. The Kier molecular flexibility index (Phi) is 5.04. The van der Waals surface area contributed by atoms with Crippen molar-refractivity contribution in [3.8, 4) is 0 Å². The average Bonchev–Trinajstić information content (AvgIpc) is 2.94. The Balaban J connectivity index is 2.03. The number of rotatable bonds is 6. The van der Waals surface area contributed by atoms with Crippen molar-refractivity contribution in [3.05, 3.63) is 0 Å². The predicted octanol–water partition coefficient (Wildman–Crippen LogP) is 1.16. The van der Waals surface area contributed by atoms with Gasteiger partial charge in [0.25, 0.3) is 0 Å². The van der Waals surface area contributed by atoms with E-state index in [0.717, 1.165) is 13.0 Å². The first kappa shape index (κ1) is 15.7. The van der Waals surface area contributed by atoms with Gasteiger partial charge in [-0.2, -0.15) is 0 Å². The number of nitrogens with two attached hydrogens (primary N) is 1. The summed E-state index contributed by atoms with van der Waals surface area (Å²) in [5, 5.41) is 0. The molecule has 2 N–H and O–H groups in total. The predicted molar refractivity (Wildman–Crippen MR) is 77.3 cm³/mol. The third kappa shape index (κ3) is 2.59. The smallest absolute Gasteiger partial charge is 0.241 e.